The zero-order valence-corrected chi connectivity index (χ0v) is 13.9. The van der Waals surface area contributed by atoms with Crippen LogP contribution in [0.15, 0.2) is 57.8 Å². The summed E-state index contributed by atoms with van der Waals surface area (Å²) < 4.78 is 5.80. The summed E-state index contributed by atoms with van der Waals surface area (Å²) in [5.41, 5.74) is 2.14. The van der Waals surface area contributed by atoms with Gasteiger partial charge in [-0.15, -0.1) is 22.0 Å². The molecule has 0 N–H and O–H groups in total. The molecule has 5 heteroatoms. The minimum atomic E-state index is 0.0767. The molecule has 0 saturated carbocycles. The van der Waals surface area contributed by atoms with Crippen molar-refractivity contribution in [2.24, 2.45) is 0 Å². The molecule has 0 aliphatic rings. The largest absolute Gasteiger partial charge is 0.419 e. The predicted molar refractivity (Wildman–Crippen MR) is 90.2 cm³/mol. The van der Waals surface area contributed by atoms with Crippen molar-refractivity contribution in [3.8, 4) is 11.5 Å². The molecule has 3 aromatic rings. The van der Waals surface area contributed by atoms with Gasteiger partial charge in [-0.05, 0) is 50.2 Å². The minimum absolute atomic E-state index is 0.0767. The van der Waals surface area contributed by atoms with E-state index in [2.05, 4.69) is 10.2 Å². The third-order valence-electron chi connectivity index (χ3n) is 3.21. The lowest BCUT2D eigenvalue weighted by molar-refractivity contribution is 0.509. The zero-order chi connectivity index (χ0) is 15.5. The Hall–Kier alpha value is -1.78. The summed E-state index contributed by atoms with van der Waals surface area (Å²) in [5, 5.41) is 9.12. The first kappa shape index (κ1) is 15.1. The lowest BCUT2D eigenvalue weighted by atomic mass is 10.1. The van der Waals surface area contributed by atoms with Crippen LogP contribution >= 0.6 is 23.4 Å². The molecule has 0 aliphatic heterocycles. The van der Waals surface area contributed by atoms with Crippen LogP contribution in [0, 0.1) is 6.92 Å². The number of hydrogen-bond donors (Lipinski definition) is 0. The van der Waals surface area contributed by atoms with E-state index < -0.39 is 0 Å². The molecule has 0 fully saturated rings. The van der Waals surface area contributed by atoms with E-state index in [1.54, 1.807) is 11.8 Å². The number of nitrogens with zero attached hydrogens (tertiary/aromatic N) is 2. The molecule has 22 heavy (non-hydrogen) atoms. The number of aryl methyl sites for hydroxylation is 1. The number of rotatable bonds is 4. The second-order valence-corrected chi connectivity index (χ2v) is 6.88. The van der Waals surface area contributed by atoms with Gasteiger partial charge in [0.2, 0.25) is 11.8 Å². The number of aromatic nitrogens is 2. The van der Waals surface area contributed by atoms with Gasteiger partial charge in [-0.2, -0.15) is 0 Å². The Morgan fingerprint density at radius 3 is 2.36 bits per heavy atom. The molecular formula is C17H15ClN2OS. The fourth-order valence-corrected chi connectivity index (χ4v) is 3.00. The SMILES string of the molecule is Cc1ccc(-c2nnc(C(C)Sc3ccc(Cl)cc3)o2)cc1. The Labute approximate surface area is 138 Å². The molecule has 112 valence electrons. The Morgan fingerprint density at radius 2 is 1.68 bits per heavy atom. The fourth-order valence-electron chi connectivity index (χ4n) is 1.98. The van der Waals surface area contributed by atoms with Gasteiger partial charge in [0.15, 0.2) is 0 Å². The molecule has 1 heterocycles. The molecule has 0 aliphatic carbocycles. The first-order chi connectivity index (χ1) is 10.6. The molecule has 0 saturated heterocycles. The molecule has 1 aromatic heterocycles. The molecule has 3 rings (SSSR count). The monoisotopic (exact) mass is 330 g/mol. The molecular weight excluding hydrogens is 316 g/mol. The maximum absolute atomic E-state index is 5.90. The van der Waals surface area contributed by atoms with E-state index in [-0.39, 0.29) is 5.25 Å². The number of halogens is 1. The van der Waals surface area contributed by atoms with Gasteiger partial charge in [0.1, 0.15) is 0 Å². The molecule has 0 bridgehead atoms. The third kappa shape index (κ3) is 3.51. The molecule has 0 radical (unpaired) electrons. The molecule has 2 aromatic carbocycles. The van der Waals surface area contributed by atoms with Gasteiger partial charge in [-0.25, -0.2) is 0 Å². The highest BCUT2D eigenvalue weighted by molar-refractivity contribution is 7.99. The summed E-state index contributed by atoms with van der Waals surface area (Å²) in [6.45, 7) is 4.10. The highest BCUT2D eigenvalue weighted by Crippen LogP contribution is 2.35. The maximum Gasteiger partial charge on any atom is 0.247 e. The Kier molecular flexibility index (Phi) is 4.50. The Balaban J connectivity index is 1.75. The van der Waals surface area contributed by atoms with E-state index in [0.29, 0.717) is 11.8 Å². The normalized spacial score (nSPS) is 12.3. The van der Waals surface area contributed by atoms with Gasteiger partial charge >= 0.3 is 0 Å². The summed E-state index contributed by atoms with van der Waals surface area (Å²) in [6, 6.07) is 15.8. The van der Waals surface area contributed by atoms with Gasteiger partial charge in [0.05, 0.1) is 5.25 Å². The summed E-state index contributed by atoms with van der Waals surface area (Å²) in [6.07, 6.45) is 0. The molecule has 0 spiro atoms. The topological polar surface area (TPSA) is 38.9 Å². The van der Waals surface area contributed by atoms with Crippen LogP contribution in [0.2, 0.25) is 5.02 Å². The third-order valence-corrected chi connectivity index (χ3v) is 4.56. The van der Waals surface area contributed by atoms with Gasteiger partial charge in [0.25, 0.3) is 0 Å². The van der Waals surface area contributed by atoms with Crippen LogP contribution in [0.1, 0.15) is 23.6 Å². The van der Waals surface area contributed by atoms with Crippen molar-refractivity contribution in [2.45, 2.75) is 24.0 Å². The van der Waals surface area contributed by atoms with Crippen LogP contribution in [-0.2, 0) is 0 Å². The molecule has 0 amide bonds. The fraction of sp³-hybridized carbons (Fsp3) is 0.176. The van der Waals surface area contributed by atoms with E-state index in [1.165, 1.54) is 5.56 Å². The van der Waals surface area contributed by atoms with E-state index >= 15 is 0 Å². The van der Waals surface area contributed by atoms with Crippen molar-refractivity contribution in [3.05, 3.63) is 65.0 Å². The summed E-state index contributed by atoms with van der Waals surface area (Å²) in [7, 11) is 0. The Bertz CT molecular complexity index is 753. The first-order valence-corrected chi connectivity index (χ1v) is 8.20. The smallest absolute Gasteiger partial charge is 0.247 e. The minimum Gasteiger partial charge on any atom is -0.419 e. The second-order valence-electron chi connectivity index (χ2n) is 5.03. The van der Waals surface area contributed by atoms with Crippen molar-refractivity contribution in [1.82, 2.24) is 10.2 Å². The first-order valence-electron chi connectivity index (χ1n) is 6.94. The van der Waals surface area contributed by atoms with Crippen molar-refractivity contribution in [1.29, 1.82) is 0 Å². The number of hydrogen-bond acceptors (Lipinski definition) is 4. The average molecular weight is 331 g/mol. The van der Waals surface area contributed by atoms with Crippen LogP contribution in [0.25, 0.3) is 11.5 Å². The highest BCUT2D eigenvalue weighted by Gasteiger charge is 2.16. The zero-order valence-electron chi connectivity index (χ0n) is 12.3. The average Bonchev–Trinajstić information content (AvgIpc) is 3.00. The van der Waals surface area contributed by atoms with Crippen molar-refractivity contribution >= 4 is 23.4 Å². The Morgan fingerprint density at radius 1 is 1.00 bits per heavy atom. The van der Waals surface area contributed by atoms with Gasteiger partial charge < -0.3 is 4.42 Å². The van der Waals surface area contributed by atoms with Gasteiger partial charge in [-0.1, -0.05) is 29.3 Å². The standard InChI is InChI=1S/C17H15ClN2OS/c1-11-3-5-13(6-4-11)17-20-19-16(21-17)12(2)22-15-9-7-14(18)8-10-15/h3-10,12H,1-2H3. The second kappa shape index (κ2) is 6.55. The van der Waals surface area contributed by atoms with Crippen LogP contribution in [-0.4, -0.2) is 10.2 Å². The van der Waals surface area contributed by atoms with Crippen molar-refractivity contribution in [3.63, 3.8) is 0 Å². The molecule has 1 unspecified atom stereocenters. The summed E-state index contributed by atoms with van der Waals surface area (Å²) in [4.78, 5) is 1.12. The van der Waals surface area contributed by atoms with Crippen LogP contribution in [0.4, 0.5) is 0 Å². The lowest BCUT2D eigenvalue weighted by Crippen LogP contribution is -1.88. The van der Waals surface area contributed by atoms with Crippen LogP contribution in [0.3, 0.4) is 0 Å². The number of thioether (sulfide) groups is 1. The summed E-state index contributed by atoms with van der Waals surface area (Å²) in [5.74, 6) is 1.18. The van der Waals surface area contributed by atoms with Crippen LogP contribution < -0.4 is 0 Å². The highest BCUT2D eigenvalue weighted by atomic mass is 35.5. The quantitative estimate of drug-likeness (QED) is 0.588. The predicted octanol–water partition coefficient (Wildman–Crippen LogP) is 5.55. The van der Waals surface area contributed by atoms with Crippen molar-refractivity contribution in [2.75, 3.05) is 0 Å². The molecule has 1 atom stereocenters. The van der Waals surface area contributed by atoms with E-state index in [1.807, 2.05) is 62.4 Å². The summed E-state index contributed by atoms with van der Waals surface area (Å²) >= 11 is 7.56. The van der Waals surface area contributed by atoms with E-state index in [4.69, 9.17) is 16.0 Å². The van der Waals surface area contributed by atoms with Crippen LogP contribution in [0.5, 0.6) is 0 Å². The number of benzene rings is 2. The van der Waals surface area contributed by atoms with Gasteiger partial charge in [0, 0.05) is 15.5 Å². The molecule has 3 nitrogen and oxygen atoms in total. The lowest BCUT2D eigenvalue weighted by Gasteiger charge is -2.06. The van der Waals surface area contributed by atoms with Gasteiger partial charge in [-0.3, -0.25) is 0 Å². The van der Waals surface area contributed by atoms with E-state index in [0.717, 1.165) is 15.5 Å². The van der Waals surface area contributed by atoms with Crippen molar-refractivity contribution < 1.29 is 4.42 Å². The maximum atomic E-state index is 5.90. The van der Waals surface area contributed by atoms with E-state index in [9.17, 15) is 0 Å².